The number of Topliss-reactive ketones (excluding diaryl/α,β-unsaturated/α-hetero) is 2. The molecule has 0 saturated heterocycles. The Bertz CT molecular complexity index is 2050. The van der Waals surface area contributed by atoms with Crippen LogP contribution in [-0.4, -0.2) is 17.6 Å². The average Bonchev–Trinajstić information content (AvgIpc) is 3.56. The highest BCUT2D eigenvalue weighted by Crippen LogP contribution is 2.57. The normalized spacial score (nSPS) is 22.6. The molecule has 4 aliphatic rings. The van der Waals surface area contributed by atoms with E-state index in [1.165, 1.54) is 0 Å². The molecule has 0 saturated carbocycles. The van der Waals surface area contributed by atoms with Gasteiger partial charge in [0.2, 0.25) is 0 Å². The Kier molecular flexibility index (Phi) is 5.63. The van der Waals surface area contributed by atoms with Gasteiger partial charge in [0.1, 0.15) is 0 Å². The van der Waals surface area contributed by atoms with Crippen LogP contribution in [0, 0.1) is 11.8 Å². The molecule has 5 aromatic carbocycles. The number of allylic oxidation sites excluding steroid dienone is 2. The van der Waals surface area contributed by atoms with E-state index >= 15 is 0 Å². The third-order valence-electron chi connectivity index (χ3n) is 10.1. The van der Waals surface area contributed by atoms with Crippen LogP contribution in [0.1, 0.15) is 28.8 Å². The Morgan fingerprint density at radius 1 is 0.578 bits per heavy atom. The summed E-state index contributed by atoms with van der Waals surface area (Å²) in [5.41, 5.74) is 10.8. The Morgan fingerprint density at radius 3 is 1.84 bits per heavy atom. The molecule has 216 valence electrons. The number of fused-ring (bicyclic) bond motifs is 6. The first-order valence-electron chi connectivity index (χ1n) is 15.6. The van der Waals surface area contributed by atoms with Gasteiger partial charge in [-0.05, 0) is 64.7 Å². The molecule has 4 nitrogen and oxygen atoms in total. The van der Waals surface area contributed by atoms with Crippen molar-refractivity contribution in [2.45, 2.75) is 18.9 Å². The van der Waals surface area contributed by atoms with Gasteiger partial charge in [-0.3, -0.25) is 9.59 Å². The second-order valence-electron chi connectivity index (χ2n) is 12.4. The van der Waals surface area contributed by atoms with Crippen LogP contribution in [0.3, 0.4) is 0 Å². The minimum atomic E-state index is -0.442. The minimum Gasteiger partial charge on any atom is -0.330 e. The van der Waals surface area contributed by atoms with Crippen LogP contribution in [-0.2, 0) is 4.79 Å². The Hall–Kier alpha value is -5.48. The number of carbonyl (C=O) groups is 2. The predicted molar refractivity (Wildman–Crippen MR) is 180 cm³/mol. The van der Waals surface area contributed by atoms with Gasteiger partial charge >= 0.3 is 0 Å². The summed E-state index contributed by atoms with van der Waals surface area (Å²) in [7, 11) is 0. The Labute approximate surface area is 262 Å². The van der Waals surface area contributed by atoms with Gasteiger partial charge in [0, 0.05) is 22.7 Å². The molecule has 0 fully saturated rings. The summed E-state index contributed by atoms with van der Waals surface area (Å²) in [5.74, 6) is -0.827. The quantitative estimate of drug-likeness (QED) is 0.213. The van der Waals surface area contributed by atoms with Gasteiger partial charge in [0.05, 0.1) is 40.6 Å². The molecule has 0 bridgehead atoms. The number of nitrogens with zero attached hydrogens (tertiary/aromatic N) is 2. The molecule has 4 unspecified atom stereocenters. The molecule has 0 spiro atoms. The third-order valence-corrected chi connectivity index (χ3v) is 10.1. The minimum absolute atomic E-state index is 0.0635. The molecular weight excluding hydrogens is 552 g/mol. The van der Waals surface area contributed by atoms with E-state index in [4.69, 9.17) is 0 Å². The second-order valence-corrected chi connectivity index (χ2v) is 12.4. The van der Waals surface area contributed by atoms with Gasteiger partial charge < -0.3 is 9.80 Å². The molecule has 9 rings (SSSR count). The van der Waals surface area contributed by atoms with E-state index in [0.717, 1.165) is 56.3 Å². The number of hydrogen-bond acceptors (Lipinski definition) is 4. The van der Waals surface area contributed by atoms with E-state index in [2.05, 4.69) is 120 Å². The van der Waals surface area contributed by atoms with Gasteiger partial charge in [0.15, 0.2) is 11.6 Å². The van der Waals surface area contributed by atoms with Gasteiger partial charge in [-0.15, -0.1) is 0 Å². The van der Waals surface area contributed by atoms with Crippen molar-refractivity contribution in [3.63, 3.8) is 0 Å². The van der Waals surface area contributed by atoms with Crippen LogP contribution in [0.15, 0.2) is 151 Å². The summed E-state index contributed by atoms with van der Waals surface area (Å²) >= 11 is 0. The number of ketones is 2. The second kappa shape index (κ2) is 9.76. The van der Waals surface area contributed by atoms with Crippen molar-refractivity contribution >= 4 is 40.0 Å². The molecule has 3 aliphatic carbocycles. The van der Waals surface area contributed by atoms with Crippen molar-refractivity contribution in [1.82, 2.24) is 0 Å². The summed E-state index contributed by atoms with van der Waals surface area (Å²) in [6, 6.07) is 43.5. The van der Waals surface area contributed by atoms with Crippen molar-refractivity contribution in [2.75, 3.05) is 9.80 Å². The van der Waals surface area contributed by atoms with Crippen LogP contribution >= 0.6 is 0 Å². The molecule has 0 radical (unpaired) electrons. The highest BCUT2D eigenvalue weighted by Gasteiger charge is 2.54. The lowest BCUT2D eigenvalue weighted by Gasteiger charge is -2.45. The fourth-order valence-corrected chi connectivity index (χ4v) is 8.12. The van der Waals surface area contributed by atoms with Crippen LogP contribution in [0.5, 0.6) is 0 Å². The molecular formula is C41H30N2O2. The smallest absolute Gasteiger partial charge is 0.171 e. The molecule has 45 heavy (non-hydrogen) atoms. The maximum absolute atomic E-state index is 14.4. The molecule has 5 aromatic rings. The summed E-state index contributed by atoms with van der Waals surface area (Å²) in [5, 5.41) is 0. The standard InChI is InChI=1S/C41H30N2O2/c1-25-32(43-35-18-10-8-16-33(35)42(28-14-6-3-7-15-28)34-17-9-11-19-36(34)43)23-22-30-37(25)41(45)38-29-21-20-27(26-12-4-2-5-13-26)24-31(29)40(44)39(30)38/h2-25,32,38-39H,1H3. The van der Waals surface area contributed by atoms with Crippen LogP contribution < -0.4 is 9.80 Å². The SMILES string of the molecule is CC1C2=C(C=CC1N1c3ccccc3N(c3ccccc3)c3ccccc31)C1C(=O)c3cc(-c4ccccc4)ccc3C1C2=O. The Morgan fingerprint density at radius 2 is 1.18 bits per heavy atom. The molecule has 1 aliphatic heterocycles. The summed E-state index contributed by atoms with van der Waals surface area (Å²) in [4.78, 5) is 33.1. The zero-order chi connectivity index (χ0) is 30.2. The highest BCUT2D eigenvalue weighted by atomic mass is 16.1. The number of benzene rings is 5. The zero-order valence-electron chi connectivity index (χ0n) is 24.8. The van der Waals surface area contributed by atoms with Crippen molar-refractivity contribution in [3.8, 4) is 11.1 Å². The zero-order valence-corrected chi connectivity index (χ0v) is 24.8. The van der Waals surface area contributed by atoms with Crippen molar-refractivity contribution < 1.29 is 9.59 Å². The third kappa shape index (κ3) is 3.66. The first-order valence-corrected chi connectivity index (χ1v) is 15.6. The first kappa shape index (κ1) is 26.0. The van der Waals surface area contributed by atoms with E-state index in [1.807, 2.05) is 36.4 Å². The van der Waals surface area contributed by atoms with Crippen molar-refractivity contribution in [3.05, 3.63) is 162 Å². The van der Waals surface area contributed by atoms with E-state index in [1.54, 1.807) is 0 Å². The average molecular weight is 583 g/mol. The van der Waals surface area contributed by atoms with Crippen LogP contribution in [0.25, 0.3) is 11.1 Å². The predicted octanol–water partition coefficient (Wildman–Crippen LogP) is 9.32. The van der Waals surface area contributed by atoms with Gasteiger partial charge in [-0.2, -0.15) is 0 Å². The lowest BCUT2D eigenvalue weighted by molar-refractivity contribution is -0.117. The number of anilines is 5. The lowest BCUT2D eigenvalue weighted by atomic mass is 9.81. The lowest BCUT2D eigenvalue weighted by Crippen LogP contribution is -2.41. The maximum atomic E-state index is 14.4. The monoisotopic (exact) mass is 582 g/mol. The summed E-state index contributed by atoms with van der Waals surface area (Å²) < 4.78 is 0. The highest BCUT2D eigenvalue weighted by molar-refractivity contribution is 6.19. The van der Waals surface area contributed by atoms with Crippen molar-refractivity contribution in [2.24, 2.45) is 11.8 Å². The van der Waals surface area contributed by atoms with E-state index in [0.29, 0.717) is 5.56 Å². The summed E-state index contributed by atoms with van der Waals surface area (Å²) in [6.07, 6.45) is 4.30. The largest absolute Gasteiger partial charge is 0.330 e. The van der Waals surface area contributed by atoms with E-state index < -0.39 is 11.8 Å². The first-order chi connectivity index (χ1) is 22.1. The molecule has 0 aromatic heterocycles. The van der Waals surface area contributed by atoms with Gasteiger partial charge in [0.25, 0.3) is 0 Å². The molecule has 1 heterocycles. The molecule has 4 atom stereocenters. The van der Waals surface area contributed by atoms with Crippen molar-refractivity contribution in [1.29, 1.82) is 0 Å². The molecule has 0 amide bonds. The van der Waals surface area contributed by atoms with Gasteiger partial charge in [-0.1, -0.05) is 104 Å². The fraction of sp³-hybridized carbons (Fsp3) is 0.122. The topological polar surface area (TPSA) is 40.6 Å². The number of para-hydroxylation sites is 5. The number of rotatable bonds is 3. The van der Waals surface area contributed by atoms with Crippen LogP contribution in [0.2, 0.25) is 0 Å². The Balaban J connectivity index is 1.11. The van der Waals surface area contributed by atoms with Crippen LogP contribution in [0.4, 0.5) is 28.4 Å². The van der Waals surface area contributed by atoms with Gasteiger partial charge in [-0.25, -0.2) is 0 Å². The molecule has 4 heteroatoms. The van der Waals surface area contributed by atoms with E-state index in [-0.39, 0.29) is 23.5 Å². The fourth-order valence-electron chi connectivity index (χ4n) is 8.12. The molecule has 0 N–H and O–H groups in total. The summed E-state index contributed by atoms with van der Waals surface area (Å²) in [6.45, 7) is 2.15. The number of carbonyl (C=O) groups excluding carboxylic acids is 2. The maximum Gasteiger partial charge on any atom is 0.171 e. The van der Waals surface area contributed by atoms with E-state index in [9.17, 15) is 9.59 Å². The number of hydrogen-bond donors (Lipinski definition) is 0.